The molecule has 1 saturated carbocycles. The van der Waals surface area contributed by atoms with Gasteiger partial charge in [0.2, 0.25) is 5.91 Å². The number of ether oxygens (including phenoxy) is 3. The zero-order valence-electron chi connectivity index (χ0n) is 23.8. The van der Waals surface area contributed by atoms with Gasteiger partial charge in [0.1, 0.15) is 17.0 Å². The van der Waals surface area contributed by atoms with Crippen LogP contribution in [0.3, 0.4) is 0 Å². The van der Waals surface area contributed by atoms with Gasteiger partial charge >= 0.3 is 5.97 Å². The zero-order chi connectivity index (χ0) is 28.4. The number of carbonyl (C=O) groups excluding carboxylic acids is 3. The van der Waals surface area contributed by atoms with E-state index in [-0.39, 0.29) is 18.2 Å². The molecule has 1 aliphatic carbocycles. The number of Topliss-reactive ketones (excluding diaryl/α,β-unsaturated/α-hetero) is 1. The van der Waals surface area contributed by atoms with Crippen LogP contribution in [-0.4, -0.2) is 57.1 Å². The summed E-state index contributed by atoms with van der Waals surface area (Å²) in [7, 11) is 4.45. The molecule has 0 saturated heterocycles. The second-order valence-electron chi connectivity index (χ2n) is 10.3. The first-order valence-corrected chi connectivity index (χ1v) is 13.7. The highest BCUT2D eigenvalue weighted by atomic mass is 16.5. The van der Waals surface area contributed by atoms with Crippen LogP contribution in [-0.2, 0) is 20.7 Å². The second-order valence-corrected chi connectivity index (χ2v) is 10.3. The first-order chi connectivity index (χ1) is 18.8. The topological polar surface area (TPSA) is 103 Å². The number of nitrogens with one attached hydrogen (secondary N) is 2. The molecule has 0 aromatic heterocycles. The molecule has 0 radical (unpaired) electrons. The lowest BCUT2D eigenvalue weighted by Crippen LogP contribution is -2.59. The summed E-state index contributed by atoms with van der Waals surface area (Å²) in [6.07, 6.45) is 4.98. The van der Waals surface area contributed by atoms with E-state index in [0.717, 1.165) is 30.4 Å². The van der Waals surface area contributed by atoms with Crippen molar-refractivity contribution in [3.05, 3.63) is 59.2 Å². The molecule has 212 valence electrons. The molecular formula is C31H42N2O6. The molecule has 2 aromatic carbocycles. The van der Waals surface area contributed by atoms with Crippen LogP contribution < -0.4 is 20.1 Å². The monoisotopic (exact) mass is 538 g/mol. The predicted molar refractivity (Wildman–Crippen MR) is 150 cm³/mol. The Morgan fingerprint density at radius 3 is 2.15 bits per heavy atom. The quantitative estimate of drug-likeness (QED) is 0.288. The number of ketones is 1. The van der Waals surface area contributed by atoms with E-state index < -0.39 is 17.6 Å². The largest absolute Gasteiger partial charge is 0.496 e. The molecule has 1 amide bonds. The van der Waals surface area contributed by atoms with Crippen LogP contribution in [0.15, 0.2) is 42.5 Å². The van der Waals surface area contributed by atoms with Crippen molar-refractivity contribution >= 4 is 17.7 Å². The molecule has 8 nitrogen and oxygen atoms in total. The summed E-state index contributed by atoms with van der Waals surface area (Å²) < 4.78 is 16.0. The molecule has 1 atom stereocenters. The van der Waals surface area contributed by atoms with E-state index >= 15 is 0 Å². The normalized spacial score (nSPS) is 19.6. The van der Waals surface area contributed by atoms with Crippen LogP contribution in [0, 0.1) is 12.8 Å². The predicted octanol–water partition coefficient (Wildman–Crippen LogP) is 4.41. The Kier molecular flexibility index (Phi) is 10.9. The fraction of sp³-hybridized carbons (Fsp3) is 0.516. The molecule has 2 aromatic rings. The summed E-state index contributed by atoms with van der Waals surface area (Å²) >= 11 is 0. The van der Waals surface area contributed by atoms with Gasteiger partial charge in [-0.2, -0.15) is 0 Å². The van der Waals surface area contributed by atoms with Gasteiger partial charge in [0, 0.05) is 11.1 Å². The van der Waals surface area contributed by atoms with Crippen LogP contribution in [0.25, 0.3) is 0 Å². The summed E-state index contributed by atoms with van der Waals surface area (Å²) in [5.74, 6) is 0.732. The SMILES string of the molecule is CCC1CCC(NC(=O)CNC(CCc2ccccc2)C(=O)c2cc(OC)c(C)c(OC)c2)(C(=O)OC)CC1. The van der Waals surface area contributed by atoms with E-state index in [1.165, 1.54) is 7.11 Å². The van der Waals surface area contributed by atoms with Crippen LogP contribution >= 0.6 is 0 Å². The second kappa shape index (κ2) is 14.1. The van der Waals surface area contributed by atoms with Gasteiger partial charge in [-0.1, -0.05) is 43.7 Å². The molecule has 1 unspecified atom stereocenters. The number of amides is 1. The minimum Gasteiger partial charge on any atom is -0.496 e. The van der Waals surface area contributed by atoms with Gasteiger partial charge < -0.3 is 19.5 Å². The van der Waals surface area contributed by atoms with Crippen LogP contribution in [0.5, 0.6) is 11.5 Å². The third-order valence-electron chi connectivity index (χ3n) is 7.92. The number of aryl methyl sites for hydroxylation is 1. The number of hydrogen-bond acceptors (Lipinski definition) is 7. The van der Waals surface area contributed by atoms with Gasteiger partial charge in [-0.05, 0) is 69.1 Å². The maximum absolute atomic E-state index is 13.7. The van der Waals surface area contributed by atoms with Crippen LogP contribution in [0.1, 0.15) is 66.9 Å². The minimum absolute atomic E-state index is 0.110. The van der Waals surface area contributed by atoms with Crippen molar-refractivity contribution < 1.29 is 28.6 Å². The highest BCUT2D eigenvalue weighted by molar-refractivity contribution is 6.01. The van der Waals surface area contributed by atoms with Gasteiger partial charge in [0.15, 0.2) is 5.78 Å². The Hall–Kier alpha value is -3.39. The Morgan fingerprint density at radius 1 is 1.00 bits per heavy atom. The molecule has 8 heteroatoms. The van der Waals surface area contributed by atoms with E-state index in [0.29, 0.717) is 48.7 Å². The van der Waals surface area contributed by atoms with Crippen molar-refractivity contribution in [1.29, 1.82) is 0 Å². The fourth-order valence-electron chi connectivity index (χ4n) is 5.39. The Bertz CT molecular complexity index is 1100. The highest BCUT2D eigenvalue weighted by Crippen LogP contribution is 2.35. The number of esters is 1. The highest BCUT2D eigenvalue weighted by Gasteiger charge is 2.43. The van der Waals surface area contributed by atoms with Crippen molar-refractivity contribution in [3.8, 4) is 11.5 Å². The van der Waals surface area contributed by atoms with Gasteiger partial charge in [-0.25, -0.2) is 4.79 Å². The number of carbonyl (C=O) groups is 3. The summed E-state index contributed by atoms with van der Waals surface area (Å²) in [6, 6.07) is 12.7. The third-order valence-corrected chi connectivity index (χ3v) is 7.92. The summed E-state index contributed by atoms with van der Waals surface area (Å²) in [5.41, 5.74) is 1.30. The Balaban J connectivity index is 1.77. The lowest BCUT2D eigenvalue weighted by atomic mass is 9.75. The lowest BCUT2D eigenvalue weighted by molar-refractivity contribution is -0.153. The van der Waals surface area contributed by atoms with E-state index in [2.05, 4.69) is 17.6 Å². The third kappa shape index (κ3) is 7.60. The van der Waals surface area contributed by atoms with E-state index in [1.807, 2.05) is 37.3 Å². The van der Waals surface area contributed by atoms with Crippen molar-refractivity contribution in [2.45, 2.75) is 70.4 Å². The van der Waals surface area contributed by atoms with Crippen molar-refractivity contribution in [2.24, 2.45) is 5.92 Å². The van der Waals surface area contributed by atoms with E-state index in [4.69, 9.17) is 14.2 Å². The molecule has 3 rings (SSSR count). The number of rotatable bonds is 13. The van der Waals surface area contributed by atoms with E-state index in [1.54, 1.807) is 26.4 Å². The average Bonchev–Trinajstić information content (AvgIpc) is 2.97. The number of methoxy groups -OCH3 is 3. The fourth-order valence-corrected chi connectivity index (χ4v) is 5.39. The molecule has 1 aliphatic rings. The zero-order valence-corrected chi connectivity index (χ0v) is 23.8. The van der Waals surface area contributed by atoms with Crippen molar-refractivity contribution in [2.75, 3.05) is 27.9 Å². The lowest BCUT2D eigenvalue weighted by Gasteiger charge is -2.38. The summed E-state index contributed by atoms with van der Waals surface area (Å²) in [6.45, 7) is 3.90. The van der Waals surface area contributed by atoms with E-state index in [9.17, 15) is 14.4 Å². The molecule has 2 N–H and O–H groups in total. The number of hydrogen-bond donors (Lipinski definition) is 2. The summed E-state index contributed by atoms with van der Waals surface area (Å²) in [5, 5.41) is 6.12. The van der Waals surface area contributed by atoms with Gasteiger partial charge in [0.25, 0.3) is 0 Å². The molecular weight excluding hydrogens is 496 g/mol. The maximum atomic E-state index is 13.7. The Morgan fingerprint density at radius 2 is 1.62 bits per heavy atom. The first kappa shape index (κ1) is 30.2. The van der Waals surface area contributed by atoms with Gasteiger partial charge in [0.05, 0.1) is 33.9 Å². The molecule has 0 spiro atoms. The molecule has 0 aliphatic heterocycles. The average molecular weight is 539 g/mol. The summed E-state index contributed by atoms with van der Waals surface area (Å²) in [4.78, 5) is 39.6. The van der Waals surface area contributed by atoms with Gasteiger partial charge in [-0.3, -0.25) is 14.9 Å². The van der Waals surface area contributed by atoms with Crippen molar-refractivity contribution in [1.82, 2.24) is 10.6 Å². The standard InChI is InChI=1S/C31H42N2O6/c1-6-22-14-16-31(17-15-22,30(36)39-5)33-28(34)20-32-25(13-12-23-10-8-7-9-11-23)29(35)24-18-26(37-3)21(2)27(19-24)38-4/h7-11,18-19,22,25,32H,6,12-17,20H2,1-5H3,(H,33,34). The molecule has 1 fully saturated rings. The smallest absolute Gasteiger partial charge is 0.331 e. The minimum atomic E-state index is -1.03. The molecule has 0 bridgehead atoms. The van der Waals surface area contributed by atoms with Crippen molar-refractivity contribution in [3.63, 3.8) is 0 Å². The Labute approximate surface area is 231 Å². The molecule has 39 heavy (non-hydrogen) atoms. The first-order valence-electron chi connectivity index (χ1n) is 13.7. The molecule has 0 heterocycles. The van der Waals surface area contributed by atoms with Crippen LogP contribution in [0.2, 0.25) is 0 Å². The van der Waals surface area contributed by atoms with Crippen LogP contribution in [0.4, 0.5) is 0 Å². The maximum Gasteiger partial charge on any atom is 0.331 e. The van der Waals surface area contributed by atoms with Gasteiger partial charge in [-0.15, -0.1) is 0 Å². The number of benzene rings is 2.